The molecule has 0 amide bonds. The molecule has 0 unspecified atom stereocenters. The van der Waals surface area contributed by atoms with Crippen LogP contribution in [0.5, 0.6) is 5.75 Å². The molecule has 2 N–H and O–H groups in total. The SMILES string of the molecule is CCCCSCCN1CC[C@@H](CC[C@@H](O)c2ccnc3ccc(OC)cc23)[C@@H](C(=O)O)C1. The molecule has 1 aromatic carbocycles. The zero-order chi connectivity index (χ0) is 22.9. The topological polar surface area (TPSA) is 82.9 Å². The highest BCUT2D eigenvalue weighted by Gasteiger charge is 2.34. The number of aromatic nitrogens is 1. The van der Waals surface area contributed by atoms with Gasteiger partial charge in [-0.1, -0.05) is 13.3 Å². The fourth-order valence-electron chi connectivity index (χ4n) is 4.53. The van der Waals surface area contributed by atoms with E-state index in [1.807, 2.05) is 36.0 Å². The van der Waals surface area contributed by atoms with Gasteiger partial charge in [0.1, 0.15) is 5.75 Å². The highest BCUT2D eigenvalue weighted by atomic mass is 32.2. The predicted molar refractivity (Wildman–Crippen MR) is 130 cm³/mol. The van der Waals surface area contributed by atoms with Crippen LogP contribution in [0.15, 0.2) is 30.5 Å². The molecule has 0 radical (unpaired) electrons. The number of unbranched alkanes of at least 4 members (excludes halogenated alkanes) is 1. The number of carboxylic acid groups (broad SMARTS) is 1. The monoisotopic (exact) mass is 460 g/mol. The molecule has 1 aliphatic heterocycles. The molecule has 0 spiro atoms. The molecule has 2 aromatic rings. The summed E-state index contributed by atoms with van der Waals surface area (Å²) in [6.45, 7) is 4.71. The second kappa shape index (κ2) is 12.4. The lowest BCUT2D eigenvalue weighted by Gasteiger charge is -2.37. The van der Waals surface area contributed by atoms with Gasteiger partial charge in [0.05, 0.1) is 24.6 Å². The first-order valence-electron chi connectivity index (χ1n) is 11.7. The Kier molecular flexibility index (Phi) is 9.63. The van der Waals surface area contributed by atoms with Gasteiger partial charge < -0.3 is 19.8 Å². The molecule has 7 heteroatoms. The molecule has 1 aliphatic rings. The molecule has 176 valence electrons. The van der Waals surface area contributed by atoms with Gasteiger partial charge in [-0.25, -0.2) is 0 Å². The number of likely N-dealkylation sites (tertiary alicyclic amines) is 1. The van der Waals surface area contributed by atoms with E-state index >= 15 is 0 Å². The van der Waals surface area contributed by atoms with Crippen LogP contribution in [0.4, 0.5) is 0 Å². The molecule has 32 heavy (non-hydrogen) atoms. The number of piperidine rings is 1. The van der Waals surface area contributed by atoms with Crippen LogP contribution in [0.2, 0.25) is 0 Å². The number of benzene rings is 1. The van der Waals surface area contributed by atoms with E-state index in [1.54, 1.807) is 13.3 Å². The van der Waals surface area contributed by atoms with Crippen molar-refractivity contribution in [2.24, 2.45) is 11.8 Å². The summed E-state index contributed by atoms with van der Waals surface area (Å²) in [6, 6.07) is 7.50. The number of hydrogen-bond acceptors (Lipinski definition) is 6. The van der Waals surface area contributed by atoms with E-state index in [-0.39, 0.29) is 11.8 Å². The molecule has 0 bridgehead atoms. The summed E-state index contributed by atoms with van der Waals surface area (Å²) in [6.07, 6.45) is 5.62. The molecule has 3 rings (SSSR count). The molecular weight excluding hydrogens is 424 g/mol. The van der Waals surface area contributed by atoms with Gasteiger partial charge in [-0.05, 0) is 73.7 Å². The third-order valence-corrected chi connectivity index (χ3v) is 7.55. The lowest BCUT2D eigenvalue weighted by Crippen LogP contribution is -2.44. The molecule has 1 fully saturated rings. The van der Waals surface area contributed by atoms with E-state index in [4.69, 9.17) is 4.74 Å². The number of nitrogens with zero attached hydrogens (tertiary/aromatic N) is 2. The number of aliphatic carboxylic acids is 1. The number of aliphatic hydroxyl groups excluding tert-OH is 1. The van der Waals surface area contributed by atoms with Crippen molar-refractivity contribution >= 4 is 28.6 Å². The van der Waals surface area contributed by atoms with Crippen LogP contribution >= 0.6 is 11.8 Å². The fraction of sp³-hybridized carbons (Fsp3) is 0.600. The maximum atomic E-state index is 12.0. The third kappa shape index (κ3) is 6.59. The molecule has 6 nitrogen and oxygen atoms in total. The zero-order valence-electron chi connectivity index (χ0n) is 19.2. The van der Waals surface area contributed by atoms with Crippen molar-refractivity contribution in [2.45, 2.75) is 45.1 Å². The van der Waals surface area contributed by atoms with Gasteiger partial charge in [0, 0.05) is 30.4 Å². The van der Waals surface area contributed by atoms with Gasteiger partial charge in [0.25, 0.3) is 0 Å². The van der Waals surface area contributed by atoms with Crippen LogP contribution in [0.3, 0.4) is 0 Å². The Hall–Kier alpha value is -1.83. The van der Waals surface area contributed by atoms with E-state index in [0.717, 1.165) is 47.5 Å². The number of carbonyl (C=O) groups is 1. The average Bonchev–Trinajstić information content (AvgIpc) is 2.81. The van der Waals surface area contributed by atoms with E-state index < -0.39 is 12.1 Å². The normalized spacial score (nSPS) is 20.3. The number of thioether (sulfide) groups is 1. The van der Waals surface area contributed by atoms with E-state index in [2.05, 4.69) is 16.8 Å². The standard InChI is InChI=1S/C25H36N2O4S/c1-3-4-14-32-15-13-27-12-10-18(22(17-27)25(29)30)5-8-24(28)20-9-11-26-23-7-6-19(31-2)16-21(20)23/h6-7,9,11,16,18,22,24,28H,3-5,8,10,12-15,17H2,1-2H3,(H,29,30)/t18-,22+,24-/m1/s1. The minimum Gasteiger partial charge on any atom is -0.497 e. The lowest BCUT2D eigenvalue weighted by molar-refractivity contribution is -0.146. The Morgan fingerprint density at radius 1 is 1.34 bits per heavy atom. The van der Waals surface area contributed by atoms with Gasteiger partial charge >= 0.3 is 5.97 Å². The van der Waals surface area contributed by atoms with Crippen molar-refractivity contribution < 1.29 is 19.7 Å². The van der Waals surface area contributed by atoms with Crippen molar-refractivity contribution in [1.82, 2.24) is 9.88 Å². The molecule has 0 aliphatic carbocycles. The van der Waals surface area contributed by atoms with Crippen LogP contribution in [-0.2, 0) is 4.79 Å². The quantitative estimate of drug-likeness (QED) is 0.448. The van der Waals surface area contributed by atoms with Crippen molar-refractivity contribution in [2.75, 3.05) is 38.2 Å². The van der Waals surface area contributed by atoms with E-state index in [9.17, 15) is 15.0 Å². The van der Waals surface area contributed by atoms with Crippen LogP contribution in [0, 0.1) is 11.8 Å². The first-order valence-corrected chi connectivity index (χ1v) is 12.8. The summed E-state index contributed by atoms with van der Waals surface area (Å²) in [7, 11) is 1.62. The second-order valence-electron chi connectivity index (χ2n) is 8.64. The number of aliphatic hydroxyl groups is 1. The average molecular weight is 461 g/mol. The molecule has 3 atom stereocenters. The van der Waals surface area contributed by atoms with Gasteiger partial charge in [-0.2, -0.15) is 11.8 Å². The van der Waals surface area contributed by atoms with Crippen LogP contribution < -0.4 is 4.74 Å². The Balaban J connectivity index is 1.58. The van der Waals surface area contributed by atoms with E-state index in [1.165, 1.54) is 18.6 Å². The molecule has 1 aromatic heterocycles. The van der Waals surface area contributed by atoms with Crippen LogP contribution in [0.25, 0.3) is 10.9 Å². The molecule has 0 saturated carbocycles. The fourth-order valence-corrected chi connectivity index (χ4v) is 5.61. The van der Waals surface area contributed by atoms with Gasteiger partial charge in [0.15, 0.2) is 0 Å². The van der Waals surface area contributed by atoms with Gasteiger partial charge in [0.2, 0.25) is 0 Å². The number of methoxy groups -OCH3 is 1. The number of carboxylic acids is 1. The summed E-state index contributed by atoms with van der Waals surface area (Å²) in [5, 5.41) is 21.7. The maximum absolute atomic E-state index is 12.0. The molecule has 2 heterocycles. The van der Waals surface area contributed by atoms with Crippen LogP contribution in [0.1, 0.15) is 50.7 Å². The summed E-state index contributed by atoms with van der Waals surface area (Å²) >= 11 is 1.96. The number of hydrogen-bond donors (Lipinski definition) is 2. The first kappa shape index (κ1) is 24.8. The predicted octanol–water partition coefficient (Wildman–Crippen LogP) is 4.61. The lowest BCUT2D eigenvalue weighted by atomic mass is 9.81. The summed E-state index contributed by atoms with van der Waals surface area (Å²) in [4.78, 5) is 18.7. The van der Waals surface area contributed by atoms with Gasteiger partial charge in [-0.15, -0.1) is 0 Å². The Morgan fingerprint density at radius 2 is 2.19 bits per heavy atom. The largest absolute Gasteiger partial charge is 0.497 e. The smallest absolute Gasteiger partial charge is 0.308 e. The van der Waals surface area contributed by atoms with Gasteiger partial charge in [-0.3, -0.25) is 9.78 Å². The third-order valence-electron chi connectivity index (χ3n) is 6.50. The molecular formula is C25H36N2O4S. The van der Waals surface area contributed by atoms with Crippen molar-refractivity contribution in [3.8, 4) is 5.75 Å². The minimum atomic E-state index is -0.716. The van der Waals surface area contributed by atoms with E-state index in [0.29, 0.717) is 19.4 Å². The highest BCUT2D eigenvalue weighted by molar-refractivity contribution is 7.99. The van der Waals surface area contributed by atoms with Crippen molar-refractivity contribution in [3.05, 3.63) is 36.0 Å². The number of ether oxygens (including phenoxy) is 1. The Labute approximate surface area is 195 Å². The summed E-state index contributed by atoms with van der Waals surface area (Å²) in [5.41, 5.74) is 1.64. The highest BCUT2D eigenvalue weighted by Crippen LogP contribution is 2.33. The minimum absolute atomic E-state index is 0.0915. The number of rotatable bonds is 12. The first-order chi connectivity index (χ1) is 15.5. The Morgan fingerprint density at radius 3 is 2.94 bits per heavy atom. The van der Waals surface area contributed by atoms with Crippen molar-refractivity contribution in [3.63, 3.8) is 0 Å². The number of fused-ring (bicyclic) bond motifs is 1. The molecule has 1 saturated heterocycles. The summed E-state index contributed by atoms with van der Waals surface area (Å²) in [5.74, 6) is 1.98. The summed E-state index contributed by atoms with van der Waals surface area (Å²) < 4.78 is 5.33. The maximum Gasteiger partial charge on any atom is 0.308 e. The number of pyridine rings is 1. The Bertz CT molecular complexity index is 878. The zero-order valence-corrected chi connectivity index (χ0v) is 20.0. The van der Waals surface area contributed by atoms with Crippen LogP contribution in [-0.4, -0.2) is 64.3 Å². The van der Waals surface area contributed by atoms with Crippen molar-refractivity contribution in [1.29, 1.82) is 0 Å². The second-order valence-corrected chi connectivity index (χ2v) is 9.86.